The van der Waals surface area contributed by atoms with Gasteiger partial charge in [-0.15, -0.1) is 0 Å². The lowest BCUT2D eigenvalue weighted by molar-refractivity contribution is -0.278. The van der Waals surface area contributed by atoms with Crippen LogP contribution in [-0.2, 0) is 25.6 Å². The molecule has 3 saturated heterocycles. The van der Waals surface area contributed by atoms with Gasteiger partial charge in [0.25, 0.3) is 5.91 Å². The number of likely N-dealkylation sites (tertiary alicyclic amines) is 1. The Kier molecular flexibility index (Phi) is 9.42. The van der Waals surface area contributed by atoms with Gasteiger partial charge in [-0.1, -0.05) is 43.3 Å². The summed E-state index contributed by atoms with van der Waals surface area (Å²) in [4.78, 5) is 14.8. The van der Waals surface area contributed by atoms with E-state index in [1.54, 1.807) is 12.1 Å². The molecule has 6 rings (SSSR count). The lowest BCUT2D eigenvalue weighted by atomic mass is 9.89. The van der Waals surface area contributed by atoms with Crippen molar-refractivity contribution in [2.24, 2.45) is 5.92 Å². The Hall–Kier alpha value is -3.46. The number of halogens is 5. The topological polar surface area (TPSA) is 89.5 Å². The number of anilines is 1. The molecule has 0 saturated carbocycles. The first-order valence-electron chi connectivity index (χ1n) is 15.0. The number of piperidine rings is 1. The SMILES string of the molecule is C[C@@H]1[C@H](CN2CCC3(CC2)OCCO3)O[C@H](c2ccc(NC(=O)c3c(F)c(F)c(F)c(F)c3F)cc2)O[C@@H]1c1ccc(CO)cc1. The molecule has 13 heteroatoms. The summed E-state index contributed by atoms with van der Waals surface area (Å²) in [6, 6.07) is 13.5. The maximum atomic E-state index is 14.2. The Bertz CT molecular complexity index is 1530. The van der Waals surface area contributed by atoms with Crippen LogP contribution in [0, 0.1) is 35.0 Å². The second-order valence-electron chi connectivity index (χ2n) is 11.8. The molecule has 4 atom stereocenters. The minimum atomic E-state index is -2.35. The average Bonchev–Trinajstić information content (AvgIpc) is 3.53. The quantitative estimate of drug-likeness (QED) is 0.192. The summed E-state index contributed by atoms with van der Waals surface area (Å²) >= 11 is 0. The van der Waals surface area contributed by atoms with Gasteiger partial charge < -0.3 is 34.3 Å². The molecule has 3 aliphatic rings. The average molecular weight is 649 g/mol. The van der Waals surface area contributed by atoms with Gasteiger partial charge in [0, 0.05) is 49.6 Å². The number of hydrogen-bond acceptors (Lipinski definition) is 7. The van der Waals surface area contributed by atoms with E-state index in [1.165, 1.54) is 12.1 Å². The fourth-order valence-electron chi connectivity index (χ4n) is 6.17. The monoisotopic (exact) mass is 648 g/mol. The van der Waals surface area contributed by atoms with Gasteiger partial charge in [0.1, 0.15) is 5.56 Å². The van der Waals surface area contributed by atoms with Crippen molar-refractivity contribution >= 4 is 11.6 Å². The number of nitrogens with one attached hydrogen (secondary N) is 1. The molecule has 0 aliphatic carbocycles. The molecule has 3 fully saturated rings. The molecule has 3 aliphatic heterocycles. The van der Waals surface area contributed by atoms with Crippen molar-refractivity contribution < 1.29 is 50.8 Å². The second kappa shape index (κ2) is 13.3. The Morgan fingerprint density at radius 1 is 0.848 bits per heavy atom. The number of hydrogen-bond donors (Lipinski definition) is 2. The highest BCUT2D eigenvalue weighted by atomic mass is 19.2. The molecule has 0 radical (unpaired) electrons. The first kappa shape index (κ1) is 32.5. The number of amides is 1. The summed E-state index contributed by atoms with van der Waals surface area (Å²) < 4.78 is 93.7. The summed E-state index contributed by atoms with van der Waals surface area (Å²) in [5, 5.41) is 11.7. The largest absolute Gasteiger partial charge is 0.392 e. The van der Waals surface area contributed by atoms with E-state index >= 15 is 0 Å². The van der Waals surface area contributed by atoms with Crippen molar-refractivity contribution in [2.45, 2.75) is 50.7 Å². The summed E-state index contributed by atoms with van der Waals surface area (Å²) in [5.41, 5.74) is 0.710. The van der Waals surface area contributed by atoms with Crippen molar-refractivity contribution in [3.05, 3.63) is 99.9 Å². The van der Waals surface area contributed by atoms with Gasteiger partial charge >= 0.3 is 0 Å². The Labute approximate surface area is 262 Å². The van der Waals surface area contributed by atoms with Crippen molar-refractivity contribution in [1.29, 1.82) is 0 Å². The highest BCUT2D eigenvalue weighted by molar-refractivity contribution is 6.04. The molecule has 1 amide bonds. The lowest BCUT2D eigenvalue weighted by Crippen LogP contribution is -2.50. The standard InChI is InChI=1S/C33H33F5N2O6/c1-18-23(16-40-12-10-33(11-13-40)43-14-15-44-33)45-32(46-30(18)20-4-2-19(17-41)3-5-20)21-6-8-22(9-7-21)39-31(42)24-25(34)27(36)29(38)28(37)26(24)35/h2-9,18,23,30,32,41H,10-17H2,1H3,(H,39,42)/t18-,23+,30+,32+/m1/s1. The van der Waals surface area contributed by atoms with Crippen LogP contribution < -0.4 is 5.32 Å². The van der Waals surface area contributed by atoms with E-state index < -0.39 is 52.6 Å². The first-order valence-corrected chi connectivity index (χ1v) is 15.0. The van der Waals surface area contributed by atoms with Gasteiger partial charge in [-0.25, -0.2) is 22.0 Å². The number of aliphatic hydroxyl groups excluding tert-OH is 1. The van der Waals surface area contributed by atoms with Crippen LogP contribution >= 0.6 is 0 Å². The number of carbonyl (C=O) groups excluding carboxylic acids is 1. The number of carbonyl (C=O) groups is 1. The fourth-order valence-corrected chi connectivity index (χ4v) is 6.17. The maximum absolute atomic E-state index is 14.2. The molecule has 1 spiro atoms. The Morgan fingerprint density at radius 2 is 1.41 bits per heavy atom. The van der Waals surface area contributed by atoms with Gasteiger partial charge in [-0.2, -0.15) is 0 Å². The third kappa shape index (κ3) is 6.40. The normalized spacial score (nSPS) is 24.8. The van der Waals surface area contributed by atoms with E-state index in [1.807, 2.05) is 24.3 Å². The van der Waals surface area contributed by atoms with E-state index in [4.69, 9.17) is 18.9 Å². The molecule has 8 nitrogen and oxygen atoms in total. The minimum absolute atomic E-state index is 0.0492. The van der Waals surface area contributed by atoms with E-state index in [2.05, 4.69) is 17.1 Å². The van der Waals surface area contributed by atoms with Crippen LogP contribution in [0.1, 0.15) is 59.2 Å². The summed E-state index contributed by atoms with van der Waals surface area (Å²) in [7, 11) is 0. The van der Waals surface area contributed by atoms with Crippen LogP contribution in [0.5, 0.6) is 0 Å². The number of nitrogens with zero attached hydrogens (tertiary/aromatic N) is 1. The number of ether oxygens (including phenoxy) is 4. The summed E-state index contributed by atoms with van der Waals surface area (Å²) in [6.07, 6.45) is 0.0367. The number of aliphatic hydroxyl groups is 1. The molecule has 46 heavy (non-hydrogen) atoms. The van der Waals surface area contributed by atoms with Gasteiger partial charge in [-0.3, -0.25) is 4.79 Å². The molecular formula is C33H33F5N2O6. The van der Waals surface area contributed by atoms with Crippen LogP contribution in [0.2, 0.25) is 0 Å². The van der Waals surface area contributed by atoms with E-state index in [-0.39, 0.29) is 30.4 Å². The number of rotatable bonds is 7. The predicted molar refractivity (Wildman–Crippen MR) is 154 cm³/mol. The van der Waals surface area contributed by atoms with E-state index in [0.717, 1.165) is 37.1 Å². The van der Waals surface area contributed by atoms with Crippen molar-refractivity contribution in [3.63, 3.8) is 0 Å². The van der Waals surface area contributed by atoms with E-state index in [0.29, 0.717) is 25.3 Å². The minimum Gasteiger partial charge on any atom is -0.392 e. The molecule has 0 unspecified atom stereocenters. The molecule has 3 heterocycles. The van der Waals surface area contributed by atoms with Crippen molar-refractivity contribution in [3.8, 4) is 0 Å². The Balaban J connectivity index is 1.20. The van der Waals surface area contributed by atoms with Crippen LogP contribution in [0.15, 0.2) is 48.5 Å². The van der Waals surface area contributed by atoms with Crippen LogP contribution in [0.3, 0.4) is 0 Å². The molecule has 246 valence electrons. The smallest absolute Gasteiger partial charge is 0.261 e. The maximum Gasteiger partial charge on any atom is 0.261 e. The number of benzene rings is 3. The molecule has 2 N–H and O–H groups in total. The lowest BCUT2D eigenvalue weighted by Gasteiger charge is -2.44. The van der Waals surface area contributed by atoms with Gasteiger partial charge in [0.15, 0.2) is 35.3 Å². The zero-order chi connectivity index (χ0) is 32.6. The van der Waals surface area contributed by atoms with Crippen molar-refractivity contribution in [1.82, 2.24) is 4.90 Å². The third-order valence-electron chi connectivity index (χ3n) is 8.87. The fraction of sp³-hybridized carbons (Fsp3) is 0.424. The first-order chi connectivity index (χ1) is 22.1. The Morgan fingerprint density at radius 3 is 2.00 bits per heavy atom. The highest BCUT2D eigenvalue weighted by Crippen LogP contribution is 2.42. The second-order valence-corrected chi connectivity index (χ2v) is 11.8. The zero-order valence-corrected chi connectivity index (χ0v) is 24.9. The molecule has 0 aromatic heterocycles. The molecular weight excluding hydrogens is 615 g/mol. The highest BCUT2D eigenvalue weighted by Gasteiger charge is 2.43. The van der Waals surface area contributed by atoms with Gasteiger partial charge in [0.05, 0.1) is 32.0 Å². The molecule has 3 aromatic rings. The molecule has 0 bridgehead atoms. The predicted octanol–water partition coefficient (Wildman–Crippen LogP) is 5.76. The third-order valence-corrected chi connectivity index (χ3v) is 8.87. The van der Waals surface area contributed by atoms with Gasteiger partial charge in [0.2, 0.25) is 5.82 Å². The summed E-state index contributed by atoms with van der Waals surface area (Å²) in [6.45, 7) is 5.32. The van der Waals surface area contributed by atoms with Crippen LogP contribution in [0.25, 0.3) is 0 Å². The van der Waals surface area contributed by atoms with E-state index in [9.17, 15) is 31.9 Å². The zero-order valence-electron chi connectivity index (χ0n) is 24.9. The van der Waals surface area contributed by atoms with Gasteiger partial charge in [-0.05, 0) is 23.3 Å². The molecule has 3 aromatic carbocycles. The van der Waals surface area contributed by atoms with Crippen molar-refractivity contribution in [2.75, 3.05) is 38.2 Å². The van der Waals surface area contributed by atoms with Crippen LogP contribution in [-0.4, -0.2) is 60.7 Å². The van der Waals surface area contributed by atoms with Crippen LogP contribution in [0.4, 0.5) is 27.6 Å². The summed E-state index contributed by atoms with van der Waals surface area (Å²) in [5.74, 6) is -13.3.